The average Bonchev–Trinajstić information content (AvgIpc) is 3.04. The van der Waals surface area contributed by atoms with Crippen LogP contribution in [0.2, 0.25) is 5.02 Å². The highest BCUT2D eigenvalue weighted by molar-refractivity contribution is 7.22. The summed E-state index contributed by atoms with van der Waals surface area (Å²) in [4.78, 5) is 37.9. The Bertz CT molecular complexity index is 1080. The average molecular weight is 420 g/mol. The number of rotatable bonds is 6. The van der Waals surface area contributed by atoms with E-state index in [4.69, 9.17) is 11.6 Å². The van der Waals surface area contributed by atoms with Gasteiger partial charge in [0.15, 0.2) is 5.13 Å². The number of thiazole rings is 1. The number of amides is 1. The summed E-state index contributed by atoms with van der Waals surface area (Å²) in [7, 11) is 3.89. The Morgan fingerprint density at radius 3 is 2.71 bits per heavy atom. The van der Waals surface area contributed by atoms with Crippen LogP contribution in [0.5, 0.6) is 0 Å². The minimum Gasteiger partial charge on any atom is -0.308 e. The van der Waals surface area contributed by atoms with Crippen molar-refractivity contribution in [3.63, 3.8) is 0 Å². The number of aryl methyl sites for hydroxylation is 1. The molecule has 0 saturated heterocycles. The summed E-state index contributed by atoms with van der Waals surface area (Å²) in [6.45, 7) is 4.54. The monoisotopic (exact) mass is 419 g/mol. The zero-order valence-corrected chi connectivity index (χ0v) is 17.8. The highest BCUT2D eigenvalue weighted by Crippen LogP contribution is 2.30. The topological polar surface area (TPSA) is 71.3 Å². The van der Waals surface area contributed by atoms with Crippen molar-refractivity contribution in [3.05, 3.63) is 51.2 Å². The number of benzene rings is 1. The van der Waals surface area contributed by atoms with Crippen molar-refractivity contribution in [2.45, 2.75) is 20.4 Å². The standard InChI is InChI=1S/C19H22ClN5O2S/c1-12-13(2)21-11-24(18(12)27)10-17(26)25(8-7-23(3)4)19-22-15-6-5-14(20)9-16(15)28-19/h5-6,9,11H,7-8,10H2,1-4H3. The van der Waals surface area contributed by atoms with Crippen LogP contribution in [0.4, 0.5) is 5.13 Å². The second-order valence-electron chi connectivity index (χ2n) is 6.85. The van der Waals surface area contributed by atoms with Crippen LogP contribution in [0.25, 0.3) is 10.2 Å². The van der Waals surface area contributed by atoms with Crippen molar-refractivity contribution >= 4 is 44.2 Å². The van der Waals surface area contributed by atoms with Gasteiger partial charge < -0.3 is 4.90 Å². The SMILES string of the molecule is Cc1ncn(CC(=O)N(CCN(C)C)c2nc3ccc(Cl)cc3s2)c(=O)c1C. The van der Waals surface area contributed by atoms with Gasteiger partial charge in [-0.2, -0.15) is 0 Å². The van der Waals surface area contributed by atoms with Crippen LogP contribution in [0.15, 0.2) is 29.3 Å². The summed E-state index contributed by atoms with van der Waals surface area (Å²) in [5.74, 6) is -0.209. The lowest BCUT2D eigenvalue weighted by atomic mass is 10.3. The summed E-state index contributed by atoms with van der Waals surface area (Å²) >= 11 is 7.48. The van der Waals surface area contributed by atoms with Crippen LogP contribution in [0, 0.1) is 13.8 Å². The Kier molecular flexibility index (Phi) is 6.12. The molecule has 0 aliphatic carbocycles. The second kappa shape index (κ2) is 8.38. The molecule has 1 aromatic carbocycles. The molecule has 7 nitrogen and oxygen atoms in total. The fourth-order valence-corrected chi connectivity index (χ4v) is 3.93. The third kappa shape index (κ3) is 4.40. The first-order valence-corrected chi connectivity index (χ1v) is 9.99. The zero-order chi connectivity index (χ0) is 20.4. The Hall–Kier alpha value is -2.29. The molecule has 0 atom stereocenters. The van der Waals surface area contributed by atoms with Crippen LogP contribution in [-0.2, 0) is 11.3 Å². The van der Waals surface area contributed by atoms with E-state index in [1.54, 1.807) is 24.8 Å². The van der Waals surface area contributed by atoms with Crippen molar-refractivity contribution < 1.29 is 4.79 Å². The molecule has 0 bridgehead atoms. The van der Waals surface area contributed by atoms with Crippen molar-refractivity contribution in [3.8, 4) is 0 Å². The Morgan fingerprint density at radius 1 is 1.25 bits per heavy atom. The summed E-state index contributed by atoms with van der Waals surface area (Å²) in [6, 6.07) is 5.45. The summed E-state index contributed by atoms with van der Waals surface area (Å²) in [5.41, 5.74) is 1.80. The van der Waals surface area contributed by atoms with E-state index in [0.29, 0.717) is 34.5 Å². The van der Waals surface area contributed by atoms with Crippen molar-refractivity contribution in [2.75, 3.05) is 32.1 Å². The quantitative estimate of drug-likeness (QED) is 0.614. The van der Waals surface area contributed by atoms with Gasteiger partial charge in [0.05, 0.1) is 16.5 Å². The molecular formula is C19H22ClN5O2S. The molecule has 0 saturated carbocycles. The summed E-state index contributed by atoms with van der Waals surface area (Å²) < 4.78 is 2.26. The fourth-order valence-electron chi connectivity index (χ4n) is 2.65. The van der Waals surface area contributed by atoms with E-state index in [2.05, 4.69) is 9.97 Å². The minimum absolute atomic E-state index is 0.0862. The highest BCUT2D eigenvalue weighted by atomic mass is 35.5. The molecule has 0 spiro atoms. The van der Waals surface area contributed by atoms with Gasteiger partial charge in [-0.15, -0.1) is 0 Å². The van der Waals surface area contributed by atoms with E-state index in [1.165, 1.54) is 22.2 Å². The van der Waals surface area contributed by atoms with E-state index < -0.39 is 0 Å². The molecule has 2 aromatic heterocycles. The van der Waals surface area contributed by atoms with E-state index in [1.807, 2.05) is 31.1 Å². The van der Waals surface area contributed by atoms with E-state index in [0.717, 1.165) is 10.2 Å². The highest BCUT2D eigenvalue weighted by Gasteiger charge is 2.21. The third-order valence-electron chi connectivity index (χ3n) is 4.46. The predicted octanol–water partition coefficient (Wildman–Crippen LogP) is 2.72. The molecule has 0 radical (unpaired) electrons. The Labute approximate surface area is 172 Å². The van der Waals surface area contributed by atoms with Gasteiger partial charge in [0.1, 0.15) is 6.54 Å². The largest absolute Gasteiger partial charge is 0.308 e. The molecule has 0 N–H and O–H groups in total. The van der Waals surface area contributed by atoms with Crippen molar-refractivity contribution in [1.82, 2.24) is 19.4 Å². The van der Waals surface area contributed by atoms with Crippen LogP contribution in [0.3, 0.4) is 0 Å². The molecule has 9 heteroatoms. The lowest BCUT2D eigenvalue weighted by Gasteiger charge is -2.22. The lowest BCUT2D eigenvalue weighted by Crippen LogP contribution is -2.40. The number of nitrogens with zero attached hydrogens (tertiary/aromatic N) is 5. The van der Waals surface area contributed by atoms with Gasteiger partial charge in [0.2, 0.25) is 5.91 Å². The first-order valence-electron chi connectivity index (χ1n) is 8.80. The van der Waals surface area contributed by atoms with E-state index in [9.17, 15) is 9.59 Å². The number of fused-ring (bicyclic) bond motifs is 1. The van der Waals surface area contributed by atoms with Gasteiger partial charge in [0, 0.05) is 29.4 Å². The Balaban J connectivity index is 1.93. The molecule has 0 fully saturated rings. The summed E-state index contributed by atoms with van der Waals surface area (Å²) in [6.07, 6.45) is 1.42. The number of likely N-dealkylation sites (N-methyl/N-ethyl adjacent to an activating group) is 1. The first kappa shape index (κ1) is 20.4. The molecule has 1 amide bonds. The van der Waals surface area contributed by atoms with Crippen LogP contribution < -0.4 is 10.5 Å². The Morgan fingerprint density at radius 2 is 2.00 bits per heavy atom. The van der Waals surface area contributed by atoms with Gasteiger partial charge in [-0.3, -0.25) is 19.1 Å². The normalized spacial score (nSPS) is 11.4. The third-order valence-corrected chi connectivity index (χ3v) is 5.74. The smallest absolute Gasteiger partial charge is 0.256 e. The predicted molar refractivity (Wildman–Crippen MR) is 114 cm³/mol. The van der Waals surface area contributed by atoms with Crippen LogP contribution in [-0.4, -0.2) is 52.5 Å². The van der Waals surface area contributed by atoms with Crippen molar-refractivity contribution in [1.29, 1.82) is 0 Å². The maximum absolute atomic E-state index is 13.1. The fraction of sp³-hybridized carbons (Fsp3) is 0.368. The number of carbonyl (C=O) groups is 1. The van der Waals surface area contributed by atoms with Gasteiger partial charge in [0.25, 0.3) is 5.56 Å². The number of hydrogen-bond donors (Lipinski definition) is 0. The molecule has 3 rings (SSSR count). The zero-order valence-electron chi connectivity index (χ0n) is 16.3. The molecule has 0 unspecified atom stereocenters. The van der Waals surface area contributed by atoms with E-state index >= 15 is 0 Å². The van der Waals surface area contributed by atoms with E-state index in [-0.39, 0.29) is 18.0 Å². The number of carbonyl (C=O) groups excluding carboxylic acids is 1. The van der Waals surface area contributed by atoms with Crippen LogP contribution >= 0.6 is 22.9 Å². The molecule has 0 aliphatic heterocycles. The van der Waals surface area contributed by atoms with Gasteiger partial charge >= 0.3 is 0 Å². The molecular weight excluding hydrogens is 398 g/mol. The molecule has 3 aromatic rings. The number of halogens is 1. The lowest BCUT2D eigenvalue weighted by molar-refractivity contribution is -0.119. The summed E-state index contributed by atoms with van der Waals surface area (Å²) in [5, 5.41) is 1.22. The van der Waals surface area contributed by atoms with Gasteiger partial charge in [-0.25, -0.2) is 9.97 Å². The van der Waals surface area contributed by atoms with Gasteiger partial charge in [-0.05, 0) is 46.1 Å². The number of hydrogen-bond acceptors (Lipinski definition) is 6. The van der Waals surface area contributed by atoms with Crippen LogP contribution in [0.1, 0.15) is 11.3 Å². The maximum Gasteiger partial charge on any atom is 0.256 e. The van der Waals surface area contributed by atoms with Gasteiger partial charge in [-0.1, -0.05) is 22.9 Å². The molecule has 148 valence electrons. The molecule has 2 heterocycles. The second-order valence-corrected chi connectivity index (χ2v) is 8.29. The maximum atomic E-state index is 13.1. The molecule has 28 heavy (non-hydrogen) atoms. The number of aromatic nitrogens is 3. The minimum atomic E-state index is -0.209. The number of anilines is 1. The van der Waals surface area contributed by atoms with Crippen molar-refractivity contribution in [2.24, 2.45) is 0 Å². The first-order chi connectivity index (χ1) is 13.3. The molecule has 0 aliphatic rings.